The Morgan fingerprint density at radius 3 is 2.71 bits per heavy atom. The first-order valence-electron chi connectivity index (χ1n) is 12.5. The van der Waals surface area contributed by atoms with Gasteiger partial charge < -0.3 is 24.6 Å². The Bertz CT molecular complexity index is 964. The highest BCUT2D eigenvalue weighted by Crippen LogP contribution is 2.38. The van der Waals surface area contributed by atoms with Crippen LogP contribution in [0.3, 0.4) is 0 Å². The second-order valence-electron chi connectivity index (χ2n) is 9.45. The topological polar surface area (TPSA) is 57.3 Å². The summed E-state index contributed by atoms with van der Waals surface area (Å²) in [6.07, 6.45) is 1.73. The van der Waals surface area contributed by atoms with Crippen molar-refractivity contribution in [2.24, 2.45) is 5.92 Å². The van der Waals surface area contributed by atoms with Crippen molar-refractivity contribution in [3.05, 3.63) is 54.1 Å². The highest BCUT2D eigenvalue weighted by molar-refractivity contribution is 5.82. The van der Waals surface area contributed by atoms with E-state index >= 15 is 0 Å². The van der Waals surface area contributed by atoms with Crippen LogP contribution < -0.4 is 19.9 Å². The van der Waals surface area contributed by atoms with E-state index in [1.807, 2.05) is 6.07 Å². The van der Waals surface area contributed by atoms with Crippen molar-refractivity contribution in [1.82, 2.24) is 10.2 Å². The normalized spacial score (nSPS) is 22.6. The number of methoxy groups -OCH3 is 1. The summed E-state index contributed by atoms with van der Waals surface area (Å²) in [7, 11) is 1.71. The van der Waals surface area contributed by atoms with E-state index in [0.29, 0.717) is 0 Å². The molecule has 3 heterocycles. The van der Waals surface area contributed by atoms with Crippen LogP contribution in [0.15, 0.2) is 48.5 Å². The van der Waals surface area contributed by atoms with Gasteiger partial charge in [-0.15, -0.1) is 0 Å². The van der Waals surface area contributed by atoms with Crippen molar-refractivity contribution in [1.29, 1.82) is 0 Å². The second kappa shape index (κ2) is 10.7. The zero-order valence-corrected chi connectivity index (χ0v) is 20.1. The summed E-state index contributed by atoms with van der Waals surface area (Å²) in [4.78, 5) is 20.7. The van der Waals surface area contributed by atoms with Crippen LogP contribution in [0.2, 0.25) is 0 Å². The molecule has 1 N–H and O–H groups in total. The van der Waals surface area contributed by atoms with Gasteiger partial charge in [0.15, 0.2) is 0 Å². The number of benzene rings is 2. The minimum atomic E-state index is -0.0733. The molecule has 2 atom stereocenters. The second-order valence-corrected chi connectivity index (χ2v) is 9.45. The van der Waals surface area contributed by atoms with Crippen LogP contribution in [-0.2, 0) is 16.0 Å². The number of para-hydroxylation sites is 1. The number of carbonyl (C=O) groups excluding carboxylic acids is 1. The number of nitrogens with one attached hydrogen (secondary N) is 1. The van der Waals surface area contributed by atoms with Crippen LogP contribution in [0, 0.1) is 5.92 Å². The fourth-order valence-electron chi connectivity index (χ4n) is 5.55. The zero-order valence-electron chi connectivity index (χ0n) is 20.1. The molecule has 1 amide bonds. The van der Waals surface area contributed by atoms with Crippen LogP contribution in [0.5, 0.6) is 5.75 Å². The molecular weight excluding hydrogens is 428 g/mol. The maximum atomic E-state index is 13.5. The minimum absolute atomic E-state index is 0.0733. The van der Waals surface area contributed by atoms with Crippen molar-refractivity contribution in [2.75, 3.05) is 75.9 Å². The Labute approximate surface area is 202 Å². The predicted octanol–water partition coefficient (Wildman–Crippen LogP) is 2.40. The van der Waals surface area contributed by atoms with Gasteiger partial charge in [0.05, 0.1) is 32.3 Å². The molecule has 0 unspecified atom stereocenters. The molecule has 2 aromatic rings. The fourth-order valence-corrected chi connectivity index (χ4v) is 5.55. The average molecular weight is 465 g/mol. The molecule has 0 aliphatic carbocycles. The van der Waals surface area contributed by atoms with Crippen molar-refractivity contribution >= 4 is 17.3 Å². The van der Waals surface area contributed by atoms with Gasteiger partial charge in [-0.3, -0.25) is 9.69 Å². The number of amides is 1. The smallest absolute Gasteiger partial charge is 0.225 e. The molecule has 2 aromatic carbocycles. The summed E-state index contributed by atoms with van der Waals surface area (Å²) in [5, 5.41) is 3.27. The molecule has 3 aliphatic heterocycles. The van der Waals surface area contributed by atoms with E-state index in [4.69, 9.17) is 9.47 Å². The average Bonchev–Trinajstić information content (AvgIpc) is 2.91. The van der Waals surface area contributed by atoms with Gasteiger partial charge in [-0.05, 0) is 43.1 Å². The molecule has 0 spiro atoms. The third-order valence-electron chi connectivity index (χ3n) is 7.44. The number of morpholine rings is 1. The van der Waals surface area contributed by atoms with Gasteiger partial charge >= 0.3 is 0 Å². The van der Waals surface area contributed by atoms with E-state index in [-0.39, 0.29) is 17.9 Å². The molecule has 5 rings (SSSR count). The maximum absolute atomic E-state index is 13.5. The number of carbonyl (C=O) groups is 1. The van der Waals surface area contributed by atoms with E-state index < -0.39 is 0 Å². The summed E-state index contributed by atoms with van der Waals surface area (Å²) >= 11 is 0. The molecule has 7 nitrogen and oxygen atoms in total. The fraction of sp³-hybridized carbons (Fsp3) is 0.519. The highest BCUT2D eigenvalue weighted by Gasteiger charge is 2.41. The molecule has 0 aromatic heterocycles. The quantitative estimate of drug-likeness (QED) is 0.635. The van der Waals surface area contributed by atoms with Gasteiger partial charge in [0.2, 0.25) is 5.91 Å². The van der Waals surface area contributed by atoms with Crippen LogP contribution in [-0.4, -0.2) is 83.0 Å². The monoisotopic (exact) mass is 464 g/mol. The van der Waals surface area contributed by atoms with Gasteiger partial charge in [0.25, 0.3) is 0 Å². The summed E-state index contributed by atoms with van der Waals surface area (Å²) in [5.41, 5.74) is 3.68. The lowest BCUT2D eigenvalue weighted by Crippen LogP contribution is -2.61. The van der Waals surface area contributed by atoms with Gasteiger partial charge in [0, 0.05) is 56.7 Å². The Morgan fingerprint density at radius 2 is 1.91 bits per heavy atom. The molecule has 0 saturated carbocycles. The van der Waals surface area contributed by atoms with E-state index in [1.165, 1.54) is 16.9 Å². The SMILES string of the molecule is COc1ccc2c(c1)N1CCN(c3ccccc3)C[C@@H]1[C@@H](C(=O)NCCCN1CCOCC1)C2. The molecule has 3 aliphatic rings. The molecule has 0 radical (unpaired) electrons. The lowest BCUT2D eigenvalue weighted by Gasteiger charge is -2.49. The Kier molecular flexibility index (Phi) is 7.21. The summed E-state index contributed by atoms with van der Waals surface area (Å²) in [6, 6.07) is 17.0. The van der Waals surface area contributed by atoms with Crippen molar-refractivity contribution < 1.29 is 14.3 Å². The van der Waals surface area contributed by atoms with E-state index in [1.54, 1.807) is 7.11 Å². The molecule has 2 saturated heterocycles. The zero-order chi connectivity index (χ0) is 23.3. The van der Waals surface area contributed by atoms with E-state index in [2.05, 4.69) is 62.5 Å². The minimum Gasteiger partial charge on any atom is -0.497 e. The first-order chi connectivity index (χ1) is 16.7. The number of anilines is 2. The number of fused-ring (bicyclic) bond motifs is 3. The Hall–Kier alpha value is -2.77. The van der Waals surface area contributed by atoms with Crippen molar-refractivity contribution in [2.45, 2.75) is 18.9 Å². The van der Waals surface area contributed by atoms with Crippen LogP contribution in [0.4, 0.5) is 11.4 Å². The first kappa shape index (κ1) is 23.0. The number of hydrogen-bond donors (Lipinski definition) is 1. The standard InChI is InChI=1S/C27H36N4O3/c1-33-23-9-8-21-18-24(27(32)28-10-5-11-29-14-16-34-17-15-29)26-20-30(22-6-3-2-4-7-22)12-13-31(26)25(21)19-23/h2-4,6-9,19,24,26H,5,10-18,20H2,1H3,(H,28,32)/t24-,26+/m0/s1. The third kappa shape index (κ3) is 5.00. The molecule has 182 valence electrons. The number of piperazine rings is 1. The third-order valence-corrected chi connectivity index (χ3v) is 7.44. The summed E-state index contributed by atoms with van der Waals surface area (Å²) in [6.45, 7) is 8.00. The van der Waals surface area contributed by atoms with Gasteiger partial charge in [-0.25, -0.2) is 0 Å². The maximum Gasteiger partial charge on any atom is 0.225 e. The molecule has 0 bridgehead atoms. The van der Waals surface area contributed by atoms with Crippen LogP contribution >= 0.6 is 0 Å². The Balaban J connectivity index is 1.29. The lowest BCUT2D eigenvalue weighted by molar-refractivity contribution is -0.125. The van der Waals surface area contributed by atoms with Crippen LogP contribution in [0.1, 0.15) is 12.0 Å². The lowest BCUT2D eigenvalue weighted by atomic mass is 9.83. The van der Waals surface area contributed by atoms with Crippen molar-refractivity contribution in [3.63, 3.8) is 0 Å². The van der Waals surface area contributed by atoms with Gasteiger partial charge in [-0.2, -0.15) is 0 Å². The molecular formula is C27H36N4O3. The largest absolute Gasteiger partial charge is 0.497 e. The predicted molar refractivity (Wildman–Crippen MR) is 135 cm³/mol. The molecule has 34 heavy (non-hydrogen) atoms. The van der Waals surface area contributed by atoms with Crippen molar-refractivity contribution in [3.8, 4) is 5.75 Å². The van der Waals surface area contributed by atoms with E-state index in [0.717, 1.165) is 77.6 Å². The van der Waals surface area contributed by atoms with Gasteiger partial charge in [-0.1, -0.05) is 24.3 Å². The number of hydrogen-bond acceptors (Lipinski definition) is 6. The number of ether oxygens (including phenoxy) is 2. The molecule has 7 heteroatoms. The Morgan fingerprint density at radius 1 is 1.09 bits per heavy atom. The first-order valence-corrected chi connectivity index (χ1v) is 12.5. The highest BCUT2D eigenvalue weighted by atomic mass is 16.5. The summed E-state index contributed by atoms with van der Waals surface area (Å²) in [5.74, 6) is 0.971. The number of rotatable bonds is 7. The van der Waals surface area contributed by atoms with Crippen LogP contribution in [0.25, 0.3) is 0 Å². The molecule has 2 fully saturated rings. The van der Waals surface area contributed by atoms with E-state index in [9.17, 15) is 4.79 Å². The number of nitrogens with zero attached hydrogens (tertiary/aromatic N) is 3. The summed E-state index contributed by atoms with van der Waals surface area (Å²) < 4.78 is 10.9. The van der Waals surface area contributed by atoms with Gasteiger partial charge in [0.1, 0.15) is 5.75 Å².